The summed E-state index contributed by atoms with van der Waals surface area (Å²) in [6, 6.07) is 5.70. The third-order valence-electron chi connectivity index (χ3n) is 4.26. The van der Waals surface area contributed by atoms with Gasteiger partial charge in [0.05, 0.1) is 22.4 Å². The third kappa shape index (κ3) is 3.69. The highest BCUT2D eigenvalue weighted by Gasteiger charge is 2.53. The molecule has 9 heteroatoms. The Kier molecular flexibility index (Phi) is 4.86. The number of carbonyl (C=O) groups is 3. The fraction of sp³-hybridized carbons (Fsp3) is 0.471. The topological polar surface area (TPSA) is 124 Å². The van der Waals surface area contributed by atoms with E-state index in [0.29, 0.717) is 6.42 Å². The number of rotatable bonds is 6. The minimum absolute atomic E-state index is 0.0129. The number of fused-ring (bicyclic) bond motifs is 1. The average Bonchev–Trinajstić information content (AvgIpc) is 2.77. The lowest BCUT2D eigenvalue weighted by Crippen LogP contribution is -2.63. The minimum Gasteiger partial charge on any atom is -0.350 e. The number of nitrogens with one attached hydrogen (secondary N) is 1. The van der Waals surface area contributed by atoms with Crippen molar-refractivity contribution in [3.63, 3.8) is 0 Å². The molecule has 1 unspecified atom stereocenters. The molecule has 0 saturated carbocycles. The van der Waals surface area contributed by atoms with E-state index >= 15 is 0 Å². The lowest BCUT2D eigenvalue weighted by atomic mass is 10.0. The summed E-state index contributed by atoms with van der Waals surface area (Å²) in [7, 11) is -5.87. The van der Waals surface area contributed by atoms with Gasteiger partial charge in [0, 0.05) is 5.92 Å². The summed E-state index contributed by atoms with van der Waals surface area (Å²) in [5, 5.41) is 2.58. The first-order chi connectivity index (χ1) is 11.8. The number of benzene rings is 1. The van der Waals surface area contributed by atoms with Gasteiger partial charge in [-0.25, -0.2) is 4.21 Å². The van der Waals surface area contributed by atoms with E-state index in [4.69, 9.17) is 0 Å². The smallest absolute Gasteiger partial charge is 0.275 e. The Hall–Kier alpha value is -2.10. The van der Waals surface area contributed by atoms with Crippen LogP contribution >= 0.6 is 0 Å². The van der Waals surface area contributed by atoms with Gasteiger partial charge in [-0.1, -0.05) is 26.0 Å². The van der Waals surface area contributed by atoms with Crippen LogP contribution in [0.25, 0.3) is 0 Å². The number of nitrogens with zero attached hydrogens (tertiary/aromatic N) is 1. The first-order valence-electron chi connectivity index (χ1n) is 8.22. The van der Waals surface area contributed by atoms with Crippen LogP contribution in [0, 0.1) is 5.92 Å². The monoisotopic (exact) mass is 384 g/mol. The molecule has 0 aromatic heterocycles. The molecule has 1 atom stereocenters. The van der Waals surface area contributed by atoms with Crippen molar-refractivity contribution < 1.29 is 27.7 Å². The van der Waals surface area contributed by atoms with E-state index in [2.05, 4.69) is 5.32 Å². The maximum Gasteiger partial charge on any atom is 0.275 e. The van der Waals surface area contributed by atoms with Gasteiger partial charge in [-0.3, -0.25) is 23.5 Å². The van der Waals surface area contributed by atoms with Crippen molar-refractivity contribution in [2.45, 2.75) is 39.7 Å². The Bertz CT molecular complexity index is 806. The largest absolute Gasteiger partial charge is 0.350 e. The molecule has 3 amide bonds. The van der Waals surface area contributed by atoms with Crippen molar-refractivity contribution in [3.8, 4) is 0 Å². The van der Waals surface area contributed by atoms with Crippen molar-refractivity contribution in [3.05, 3.63) is 35.4 Å². The molecule has 1 aliphatic rings. The van der Waals surface area contributed by atoms with Crippen molar-refractivity contribution in [1.82, 2.24) is 9.62 Å². The first-order valence-corrected chi connectivity index (χ1v) is 10.2. The van der Waals surface area contributed by atoms with E-state index in [1.165, 1.54) is 38.1 Å². The van der Waals surface area contributed by atoms with Crippen LogP contribution in [0.4, 0.5) is 0 Å². The van der Waals surface area contributed by atoms with Crippen LogP contribution in [0.15, 0.2) is 24.3 Å². The van der Waals surface area contributed by atoms with Crippen LogP contribution in [0.5, 0.6) is 0 Å². The third-order valence-corrected chi connectivity index (χ3v) is 6.55. The molecule has 144 valence electrons. The molecule has 1 heterocycles. The van der Waals surface area contributed by atoms with Gasteiger partial charge in [0.15, 0.2) is 9.81 Å². The van der Waals surface area contributed by atoms with E-state index in [1.807, 2.05) is 6.92 Å². The molecule has 0 bridgehead atoms. The summed E-state index contributed by atoms with van der Waals surface area (Å²) in [4.78, 5) is 37.0. The Morgan fingerprint density at radius 3 is 2.08 bits per heavy atom. The second-order valence-corrected chi connectivity index (χ2v) is 9.85. The molecular weight excluding hydrogens is 360 g/mol. The highest BCUT2D eigenvalue weighted by Crippen LogP contribution is 2.35. The summed E-state index contributed by atoms with van der Waals surface area (Å²) < 4.78 is 33.9. The zero-order chi connectivity index (χ0) is 19.9. The molecule has 8 nitrogen and oxygen atoms in total. The Labute approximate surface area is 152 Å². The van der Waals surface area contributed by atoms with Gasteiger partial charge >= 0.3 is 0 Å². The standard InChI is InChI=1S/C17H24N2O6S/c1-5-11(2)14(20)18-17(3,4)10-26(23,24,25)19-15(21)12-8-6-7-9-13(12)16(19)22/h6-9,11H,5,10H2,1-4H3,(H,18,20)(H2,23,24,25). The first kappa shape index (κ1) is 20.2. The van der Waals surface area contributed by atoms with E-state index in [1.54, 1.807) is 6.92 Å². The summed E-state index contributed by atoms with van der Waals surface area (Å²) in [5.41, 5.74) is -1.45. The Balaban J connectivity index is 2.33. The van der Waals surface area contributed by atoms with Gasteiger partial charge in [-0.2, -0.15) is 4.31 Å². The Morgan fingerprint density at radius 2 is 1.65 bits per heavy atom. The van der Waals surface area contributed by atoms with Crippen LogP contribution in [0.3, 0.4) is 0 Å². The van der Waals surface area contributed by atoms with Gasteiger partial charge in [-0.15, -0.1) is 0 Å². The van der Waals surface area contributed by atoms with Crippen molar-refractivity contribution >= 4 is 27.5 Å². The number of carbonyl (C=O) groups excluding carboxylic acids is 3. The molecule has 0 saturated heterocycles. The number of hydrogen-bond donors (Lipinski definition) is 3. The molecular formula is C17H24N2O6S. The van der Waals surface area contributed by atoms with Crippen molar-refractivity contribution in [2.24, 2.45) is 5.92 Å². The van der Waals surface area contributed by atoms with Crippen LogP contribution < -0.4 is 5.32 Å². The molecule has 2 rings (SSSR count). The maximum absolute atomic E-state index is 13.0. The van der Waals surface area contributed by atoms with E-state index in [-0.39, 0.29) is 27.3 Å². The summed E-state index contributed by atoms with van der Waals surface area (Å²) in [6.45, 7) is 6.39. The molecule has 1 aromatic rings. The number of hydrogen-bond acceptors (Lipinski definition) is 4. The summed E-state index contributed by atoms with van der Waals surface area (Å²) in [6.07, 6.45) is 0.567. The summed E-state index contributed by atoms with van der Waals surface area (Å²) >= 11 is 0. The SMILES string of the molecule is CCC(C)C(=O)NC(C)(C)CS(=O)(O)(O)N1C(=O)c2ccccc2C1=O. The van der Waals surface area contributed by atoms with Crippen LogP contribution in [-0.4, -0.2) is 46.6 Å². The summed E-state index contributed by atoms with van der Waals surface area (Å²) in [5.74, 6) is -3.69. The van der Waals surface area contributed by atoms with Gasteiger partial charge in [-0.05, 0) is 32.4 Å². The van der Waals surface area contributed by atoms with E-state index in [0.717, 1.165) is 0 Å². The van der Waals surface area contributed by atoms with Gasteiger partial charge < -0.3 is 5.32 Å². The normalized spacial score (nSPS) is 17.5. The molecule has 0 radical (unpaired) electrons. The lowest BCUT2D eigenvalue weighted by molar-refractivity contribution is -0.125. The fourth-order valence-electron chi connectivity index (χ4n) is 2.87. The van der Waals surface area contributed by atoms with Crippen molar-refractivity contribution in [2.75, 3.05) is 5.75 Å². The van der Waals surface area contributed by atoms with Crippen LogP contribution in [0.2, 0.25) is 0 Å². The molecule has 1 aliphatic heterocycles. The predicted molar refractivity (Wildman–Crippen MR) is 96.9 cm³/mol. The number of amides is 3. The predicted octanol–water partition coefficient (Wildman–Crippen LogP) is 1.90. The average molecular weight is 384 g/mol. The van der Waals surface area contributed by atoms with E-state index in [9.17, 15) is 27.7 Å². The van der Waals surface area contributed by atoms with Gasteiger partial charge in [0.1, 0.15) is 0 Å². The molecule has 0 aliphatic carbocycles. The van der Waals surface area contributed by atoms with Crippen molar-refractivity contribution in [1.29, 1.82) is 0 Å². The molecule has 0 spiro atoms. The maximum atomic E-state index is 13.0. The second kappa shape index (κ2) is 6.26. The Morgan fingerprint density at radius 1 is 1.19 bits per heavy atom. The quantitative estimate of drug-likeness (QED) is 0.644. The second-order valence-electron chi connectivity index (χ2n) is 7.25. The molecule has 1 aromatic carbocycles. The minimum atomic E-state index is -5.87. The zero-order valence-corrected chi connectivity index (χ0v) is 16.0. The molecule has 0 fully saturated rings. The lowest BCUT2D eigenvalue weighted by Gasteiger charge is -2.42. The highest BCUT2D eigenvalue weighted by atomic mass is 32.3. The number of imide groups is 1. The molecule has 26 heavy (non-hydrogen) atoms. The van der Waals surface area contributed by atoms with E-state index < -0.39 is 32.9 Å². The van der Waals surface area contributed by atoms with Gasteiger partial charge in [0.25, 0.3) is 11.8 Å². The zero-order valence-electron chi connectivity index (χ0n) is 15.2. The fourth-order valence-corrected chi connectivity index (χ4v) is 5.20. The molecule has 3 N–H and O–H groups in total. The van der Waals surface area contributed by atoms with Gasteiger partial charge in [0.2, 0.25) is 5.91 Å². The highest BCUT2D eigenvalue weighted by molar-refractivity contribution is 8.09. The van der Waals surface area contributed by atoms with Crippen LogP contribution in [-0.2, 0) is 14.6 Å². The van der Waals surface area contributed by atoms with Crippen LogP contribution in [0.1, 0.15) is 54.8 Å².